The number of nitro benzene ring substituents is 1. The van der Waals surface area contributed by atoms with E-state index in [0.717, 1.165) is 12.1 Å². The number of nitro groups is 1. The Labute approximate surface area is 135 Å². The van der Waals surface area contributed by atoms with Crippen LogP contribution >= 0.6 is 0 Å². The van der Waals surface area contributed by atoms with E-state index in [1.165, 1.54) is 19.2 Å². The van der Waals surface area contributed by atoms with E-state index in [1.807, 2.05) is 13.8 Å². The summed E-state index contributed by atoms with van der Waals surface area (Å²) in [5.41, 5.74) is -1.95. The lowest BCUT2D eigenvalue weighted by Gasteiger charge is -2.10. The highest BCUT2D eigenvalue weighted by Crippen LogP contribution is 2.35. The molecule has 0 aliphatic heterocycles. The molecular weight excluding hydrogens is 329 g/mol. The Bertz CT molecular complexity index is 691. The van der Waals surface area contributed by atoms with Crippen molar-refractivity contribution in [3.63, 3.8) is 0 Å². The SMILES string of the molecule is CC.COc1ccc(Nc2ccc(C(F)(F)F)cc2[N+](=O)[O-])nn1. The Morgan fingerprint density at radius 2 is 1.83 bits per heavy atom. The van der Waals surface area contributed by atoms with Crippen LogP contribution in [0.25, 0.3) is 0 Å². The van der Waals surface area contributed by atoms with Crippen LogP contribution in [0.15, 0.2) is 30.3 Å². The van der Waals surface area contributed by atoms with Crippen molar-refractivity contribution >= 4 is 17.2 Å². The zero-order valence-corrected chi connectivity index (χ0v) is 13.1. The minimum absolute atomic E-state index is 0.127. The highest BCUT2D eigenvalue weighted by atomic mass is 19.4. The van der Waals surface area contributed by atoms with E-state index in [2.05, 4.69) is 15.5 Å². The highest BCUT2D eigenvalue weighted by molar-refractivity contribution is 5.68. The normalized spacial score (nSPS) is 10.4. The molecule has 0 amide bonds. The van der Waals surface area contributed by atoms with Crippen molar-refractivity contribution < 1.29 is 22.8 Å². The molecule has 0 aliphatic rings. The van der Waals surface area contributed by atoms with Crippen molar-refractivity contribution in [2.45, 2.75) is 20.0 Å². The van der Waals surface area contributed by atoms with Crippen LogP contribution in [0.2, 0.25) is 0 Å². The number of hydrogen-bond acceptors (Lipinski definition) is 6. The van der Waals surface area contributed by atoms with Gasteiger partial charge in [0, 0.05) is 12.1 Å². The van der Waals surface area contributed by atoms with Gasteiger partial charge < -0.3 is 10.1 Å². The number of anilines is 2. The molecular formula is C14H15F3N4O3. The fourth-order valence-electron chi connectivity index (χ4n) is 1.60. The van der Waals surface area contributed by atoms with Crippen LogP contribution < -0.4 is 10.1 Å². The molecule has 0 radical (unpaired) electrons. The fourth-order valence-corrected chi connectivity index (χ4v) is 1.60. The summed E-state index contributed by atoms with van der Waals surface area (Å²) in [4.78, 5) is 10.0. The van der Waals surface area contributed by atoms with Gasteiger partial charge >= 0.3 is 6.18 Å². The number of alkyl halides is 3. The van der Waals surface area contributed by atoms with Gasteiger partial charge in [0.2, 0.25) is 5.88 Å². The van der Waals surface area contributed by atoms with Crippen LogP contribution in [0.3, 0.4) is 0 Å². The standard InChI is InChI=1S/C12H9F3N4O3.C2H6/c1-22-11-5-4-10(17-18-11)16-8-3-2-7(12(13,14)15)6-9(8)19(20)21;1-2/h2-6H,1H3,(H,16,17);1-2H3. The molecule has 1 N–H and O–H groups in total. The molecule has 0 aliphatic carbocycles. The topological polar surface area (TPSA) is 90.2 Å². The molecule has 0 fully saturated rings. The van der Waals surface area contributed by atoms with Gasteiger partial charge in [-0.15, -0.1) is 10.2 Å². The van der Waals surface area contributed by atoms with Crippen molar-refractivity contribution in [2.24, 2.45) is 0 Å². The second-order valence-electron chi connectivity index (χ2n) is 4.07. The first-order valence-electron chi connectivity index (χ1n) is 6.81. The van der Waals surface area contributed by atoms with Gasteiger partial charge in [-0.2, -0.15) is 13.2 Å². The molecule has 0 atom stereocenters. The maximum absolute atomic E-state index is 12.6. The molecule has 2 rings (SSSR count). The van der Waals surface area contributed by atoms with Crippen LogP contribution in [0.5, 0.6) is 5.88 Å². The number of aromatic nitrogens is 2. The zero-order chi connectivity index (χ0) is 18.3. The van der Waals surface area contributed by atoms with Crippen molar-refractivity contribution in [3.8, 4) is 5.88 Å². The average Bonchev–Trinajstić information content (AvgIpc) is 2.56. The first-order valence-corrected chi connectivity index (χ1v) is 6.81. The van der Waals surface area contributed by atoms with E-state index in [4.69, 9.17) is 4.74 Å². The lowest BCUT2D eigenvalue weighted by Crippen LogP contribution is -2.07. The summed E-state index contributed by atoms with van der Waals surface area (Å²) in [6, 6.07) is 5.04. The minimum Gasteiger partial charge on any atom is -0.480 e. The Morgan fingerprint density at radius 3 is 2.29 bits per heavy atom. The first-order chi connectivity index (χ1) is 11.3. The molecule has 1 aromatic carbocycles. The summed E-state index contributed by atoms with van der Waals surface area (Å²) in [5, 5.41) is 20.8. The van der Waals surface area contributed by atoms with E-state index in [0.29, 0.717) is 6.07 Å². The third-order valence-electron chi connectivity index (χ3n) is 2.63. The van der Waals surface area contributed by atoms with Crippen molar-refractivity contribution in [2.75, 3.05) is 12.4 Å². The summed E-state index contributed by atoms with van der Waals surface area (Å²) < 4.78 is 42.6. The Morgan fingerprint density at radius 1 is 1.17 bits per heavy atom. The number of methoxy groups -OCH3 is 1. The molecule has 0 bridgehead atoms. The number of nitrogens with zero attached hydrogens (tertiary/aromatic N) is 3. The third kappa shape index (κ3) is 4.80. The predicted molar refractivity (Wildman–Crippen MR) is 81.3 cm³/mol. The second-order valence-corrected chi connectivity index (χ2v) is 4.07. The molecule has 0 unspecified atom stereocenters. The Kier molecular flexibility index (Phi) is 6.45. The van der Waals surface area contributed by atoms with E-state index >= 15 is 0 Å². The van der Waals surface area contributed by atoms with Crippen LogP contribution in [0, 0.1) is 10.1 Å². The molecule has 2 aromatic rings. The van der Waals surface area contributed by atoms with E-state index < -0.39 is 22.4 Å². The van der Waals surface area contributed by atoms with E-state index in [9.17, 15) is 23.3 Å². The largest absolute Gasteiger partial charge is 0.480 e. The summed E-state index contributed by atoms with van der Waals surface area (Å²) >= 11 is 0. The number of hydrogen-bond donors (Lipinski definition) is 1. The Hall–Kier alpha value is -2.91. The Balaban J connectivity index is 0.00000139. The molecule has 130 valence electrons. The van der Waals surface area contributed by atoms with Gasteiger partial charge in [0.15, 0.2) is 5.82 Å². The van der Waals surface area contributed by atoms with Gasteiger partial charge in [-0.1, -0.05) is 13.8 Å². The van der Waals surface area contributed by atoms with Crippen molar-refractivity contribution in [1.82, 2.24) is 10.2 Å². The van der Waals surface area contributed by atoms with Crippen LogP contribution in [0.1, 0.15) is 19.4 Å². The highest BCUT2D eigenvalue weighted by Gasteiger charge is 2.33. The molecule has 0 saturated carbocycles. The third-order valence-corrected chi connectivity index (χ3v) is 2.63. The maximum atomic E-state index is 12.6. The average molecular weight is 344 g/mol. The monoisotopic (exact) mass is 344 g/mol. The minimum atomic E-state index is -4.66. The van der Waals surface area contributed by atoms with Gasteiger partial charge in [-0.3, -0.25) is 10.1 Å². The smallest absolute Gasteiger partial charge is 0.416 e. The van der Waals surface area contributed by atoms with Gasteiger partial charge in [-0.25, -0.2) is 0 Å². The molecule has 0 saturated heterocycles. The van der Waals surface area contributed by atoms with Gasteiger partial charge in [0.05, 0.1) is 17.6 Å². The number of ether oxygens (including phenoxy) is 1. The molecule has 1 aromatic heterocycles. The van der Waals surface area contributed by atoms with Gasteiger partial charge in [0.25, 0.3) is 5.69 Å². The number of nitrogens with one attached hydrogen (secondary N) is 1. The summed E-state index contributed by atoms with van der Waals surface area (Å²) in [7, 11) is 1.39. The lowest BCUT2D eigenvalue weighted by molar-refractivity contribution is -0.384. The predicted octanol–water partition coefficient (Wildman–Crippen LogP) is 4.18. The van der Waals surface area contributed by atoms with Crippen molar-refractivity contribution in [1.29, 1.82) is 0 Å². The lowest BCUT2D eigenvalue weighted by atomic mass is 10.1. The molecule has 10 heteroatoms. The fraction of sp³-hybridized carbons (Fsp3) is 0.286. The number of benzene rings is 1. The summed E-state index contributed by atoms with van der Waals surface area (Å²) in [6.07, 6.45) is -4.66. The number of halogens is 3. The number of rotatable bonds is 4. The summed E-state index contributed by atoms with van der Waals surface area (Å²) in [5.74, 6) is 0.358. The first kappa shape index (κ1) is 19.1. The van der Waals surface area contributed by atoms with E-state index in [-0.39, 0.29) is 17.4 Å². The van der Waals surface area contributed by atoms with Crippen LogP contribution in [-0.2, 0) is 6.18 Å². The van der Waals surface area contributed by atoms with Crippen LogP contribution in [-0.4, -0.2) is 22.2 Å². The maximum Gasteiger partial charge on any atom is 0.416 e. The molecule has 1 heterocycles. The quantitative estimate of drug-likeness (QED) is 0.661. The van der Waals surface area contributed by atoms with Gasteiger partial charge in [-0.05, 0) is 18.2 Å². The van der Waals surface area contributed by atoms with Gasteiger partial charge in [0.1, 0.15) is 5.69 Å². The zero-order valence-electron chi connectivity index (χ0n) is 13.1. The van der Waals surface area contributed by atoms with Crippen molar-refractivity contribution in [3.05, 3.63) is 46.0 Å². The van der Waals surface area contributed by atoms with Crippen LogP contribution in [0.4, 0.5) is 30.4 Å². The summed E-state index contributed by atoms with van der Waals surface area (Å²) in [6.45, 7) is 4.00. The molecule has 0 spiro atoms. The molecule has 7 nitrogen and oxygen atoms in total. The molecule has 24 heavy (non-hydrogen) atoms. The van der Waals surface area contributed by atoms with E-state index in [1.54, 1.807) is 0 Å². The second kappa shape index (κ2) is 8.09.